The molecule has 2 aromatic rings. The van der Waals surface area contributed by atoms with Crippen LogP contribution < -0.4 is 25.8 Å². The number of carbonyl (C=O) groups excluding carboxylic acids is 6. The summed E-state index contributed by atoms with van der Waals surface area (Å²) in [5.74, 6) is 0.301. The number of hydrogen-bond acceptors (Lipinski definition) is 21. The van der Waals surface area contributed by atoms with Crippen molar-refractivity contribution in [2.45, 2.75) is 294 Å². The molecule has 106 heavy (non-hydrogen) atoms. The molecule has 2 aromatic carbocycles. The van der Waals surface area contributed by atoms with Crippen LogP contribution in [-0.2, 0) is 76.2 Å². The summed E-state index contributed by atoms with van der Waals surface area (Å²) in [4.78, 5) is 79.7. The number of methoxy groups -OCH3 is 1. The average Bonchev–Trinajstić information content (AvgIpc) is 0.690. The highest BCUT2D eigenvalue weighted by Crippen LogP contribution is 2.69. The van der Waals surface area contributed by atoms with Gasteiger partial charge in [0.2, 0.25) is 0 Å². The Bertz CT molecular complexity index is 3040. The predicted octanol–water partition coefficient (Wildman–Crippen LogP) is 11.5. The zero-order chi connectivity index (χ0) is 78.8. The summed E-state index contributed by atoms with van der Waals surface area (Å²) in [7, 11) is 1.69. The van der Waals surface area contributed by atoms with Crippen molar-refractivity contribution in [1.82, 2.24) is 10.6 Å². The Morgan fingerprint density at radius 3 is 1.08 bits per heavy atom. The Morgan fingerprint density at radius 2 is 0.792 bits per heavy atom. The van der Waals surface area contributed by atoms with E-state index in [1.54, 1.807) is 7.11 Å². The highest BCUT2D eigenvalue weighted by Gasteiger charge is 2.69. The van der Waals surface area contributed by atoms with Crippen LogP contribution in [0.4, 0.5) is 8.78 Å². The minimum atomic E-state index is -0.875. The van der Waals surface area contributed by atoms with Gasteiger partial charge in [0.15, 0.2) is 19.0 Å². The number of amides is 2. The summed E-state index contributed by atoms with van der Waals surface area (Å²) in [6.07, 6.45) is 17.8. The fraction of sp³-hybridized carbons (Fsp3) is 0.756. The molecule has 0 saturated heterocycles. The standard InChI is InChI=1S/C21H25ClFNO5.C13H14ClFN2O2.2C11H20O3.C10H18O4.C7H12O3.C5H10O/c1-27-15-4-16(5-15)28-8-13(25)7-20-10-21(11-20,12-20)24-19(26)9-29-14-2-3-17(22)18(23)6-14;14-9-2-1-8(3-10(9)15)19-4-11(18)17-13-5-12(16,6-13)7-13;2*1-8-5-9(6-8)13-7-10(12)14-11(2,3)4;1-10(2,3)14-9(12)6-13-8-4-7(11)5-8;1-5-2-6(3-5)10-4-7(8)9;1-4-2-5(6)3-4/h2-3,6,15-16H,4-5,7-12H2,1H3,(H,24,26);1-3H,4-7,16H2,(H,17,18);2*8-9H,5-7H2,1-4H3;7-8,11H,4-6H2,1-3H3;5-6H,2-4H2,1H3,(H,8,9);4-6H,2-3H2,1H3. The lowest BCUT2D eigenvalue weighted by Crippen LogP contribution is -2.82. The number of aliphatic carboxylic acids is 1. The lowest BCUT2D eigenvalue weighted by molar-refractivity contribution is -0.176. The van der Waals surface area contributed by atoms with Crippen LogP contribution in [-0.4, -0.2) is 192 Å². The number of nitrogens with one attached hydrogen (secondary N) is 2. The molecule has 12 saturated carbocycles. The van der Waals surface area contributed by atoms with E-state index in [0.717, 1.165) is 139 Å². The number of hydrogen-bond donors (Lipinski definition) is 6. The average molecular weight is 1540 g/mol. The van der Waals surface area contributed by atoms with Crippen molar-refractivity contribution in [1.29, 1.82) is 0 Å². The summed E-state index contributed by atoms with van der Waals surface area (Å²) in [5.41, 5.74) is 4.27. The van der Waals surface area contributed by atoms with Crippen LogP contribution in [0.2, 0.25) is 10.0 Å². The Kier molecular flexibility index (Phi) is 33.3. The van der Waals surface area contributed by atoms with E-state index in [-0.39, 0.29) is 174 Å². The first-order valence-electron chi connectivity index (χ1n) is 37.2. The number of aliphatic hydroxyl groups excluding tert-OH is 2. The molecule has 0 unspecified atom stereocenters. The molecule has 24 nitrogen and oxygen atoms in total. The van der Waals surface area contributed by atoms with Crippen molar-refractivity contribution in [2.75, 3.05) is 53.4 Å². The smallest absolute Gasteiger partial charge is 0.332 e. The van der Waals surface area contributed by atoms with Gasteiger partial charge in [-0.1, -0.05) is 50.9 Å². The largest absolute Gasteiger partial charge is 0.484 e. The molecule has 0 aromatic heterocycles. The SMILES string of the molecule is CC(C)(C)OC(=O)COC1CC(O)C1.CC1CC(O)C1.CC1CC(OCC(=O)O)C1.CC1CC(OCC(=O)OC(C)(C)C)C1.CC1CC(OCC(=O)OC(C)(C)C)C1.COC1CC(OCC(=O)CC23CC(NC(=O)COc4ccc(Cl)c(F)c4)(C2)C3)C1.NC12CC(NC(=O)COc3ccc(Cl)c(F)c3)(C1)C2. The van der Waals surface area contributed by atoms with E-state index in [2.05, 4.69) is 38.3 Å². The Morgan fingerprint density at radius 1 is 0.472 bits per heavy atom. The van der Waals surface area contributed by atoms with Gasteiger partial charge in [-0.25, -0.2) is 28.0 Å². The highest BCUT2D eigenvalue weighted by atomic mass is 35.5. The van der Waals surface area contributed by atoms with Gasteiger partial charge in [-0.2, -0.15) is 0 Å². The van der Waals surface area contributed by atoms with Crippen molar-refractivity contribution in [3.05, 3.63) is 58.1 Å². The molecular weight excluding hydrogens is 1420 g/mol. The fourth-order valence-corrected chi connectivity index (χ4v) is 14.5. The Hall–Kier alpha value is -5.39. The summed E-state index contributed by atoms with van der Waals surface area (Å²) in [6.45, 7) is 25.1. The normalized spacial score (nSPS) is 30.4. The van der Waals surface area contributed by atoms with Crippen LogP contribution in [0.3, 0.4) is 0 Å². The van der Waals surface area contributed by atoms with Crippen LogP contribution in [0, 0.1) is 40.7 Å². The first-order chi connectivity index (χ1) is 49.3. The molecule has 14 rings (SSSR count). The van der Waals surface area contributed by atoms with Crippen molar-refractivity contribution in [2.24, 2.45) is 34.8 Å². The maximum atomic E-state index is 13.4. The number of carbonyl (C=O) groups is 7. The summed E-state index contributed by atoms with van der Waals surface area (Å²) in [6, 6.07) is 8.12. The molecule has 12 fully saturated rings. The van der Waals surface area contributed by atoms with Crippen LogP contribution in [0.1, 0.15) is 212 Å². The number of halogens is 4. The third-order valence-electron chi connectivity index (χ3n) is 19.4. The number of carboxylic acid groups (broad SMARTS) is 1. The van der Waals surface area contributed by atoms with Crippen molar-refractivity contribution in [3.63, 3.8) is 0 Å². The molecule has 28 heteroatoms. The minimum absolute atomic E-state index is 0.00720. The van der Waals surface area contributed by atoms with E-state index in [9.17, 15) is 42.3 Å². The monoisotopic (exact) mass is 1540 g/mol. The second-order valence-corrected chi connectivity index (χ2v) is 35.1. The number of carboxylic acids is 1. The van der Waals surface area contributed by atoms with E-state index >= 15 is 0 Å². The van der Waals surface area contributed by atoms with Crippen LogP contribution in [0.5, 0.6) is 11.5 Å². The van der Waals surface area contributed by atoms with E-state index in [1.807, 2.05) is 62.3 Å². The second-order valence-electron chi connectivity index (χ2n) is 34.3. The molecule has 0 atom stereocenters. The van der Waals surface area contributed by atoms with Gasteiger partial charge in [-0.3, -0.25) is 14.4 Å². The first-order valence-corrected chi connectivity index (χ1v) is 38.0. The van der Waals surface area contributed by atoms with Gasteiger partial charge in [0, 0.05) is 42.3 Å². The van der Waals surface area contributed by atoms with E-state index < -0.39 is 34.4 Å². The topological polar surface area (TPSA) is 332 Å². The molecule has 0 spiro atoms. The molecule has 0 aliphatic heterocycles. The fourth-order valence-electron chi connectivity index (χ4n) is 14.2. The van der Waals surface area contributed by atoms with Crippen molar-refractivity contribution >= 4 is 64.7 Å². The third-order valence-corrected chi connectivity index (χ3v) is 20.0. The van der Waals surface area contributed by atoms with Crippen molar-refractivity contribution in [3.8, 4) is 11.5 Å². The number of esters is 3. The predicted molar refractivity (Wildman–Crippen MR) is 391 cm³/mol. The van der Waals surface area contributed by atoms with Gasteiger partial charge in [0.1, 0.15) is 73.0 Å². The molecule has 4 bridgehead atoms. The molecule has 0 heterocycles. The molecule has 12 aliphatic rings. The number of nitrogens with two attached hydrogens (primary N) is 1. The van der Waals surface area contributed by atoms with Gasteiger partial charge in [0.25, 0.3) is 11.8 Å². The molecule has 7 N–H and O–H groups in total. The summed E-state index contributed by atoms with van der Waals surface area (Å²) in [5, 5.41) is 31.8. The van der Waals surface area contributed by atoms with E-state index in [1.165, 1.54) is 24.3 Å². The Balaban J connectivity index is 0.000000203. The van der Waals surface area contributed by atoms with Gasteiger partial charge in [0.05, 0.1) is 58.9 Å². The van der Waals surface area contributed by atoms with Gasteiger partial charge >= 0.3 is 23.9 Å². The molecule has 12 aliphatic carbocycles. The van der Waals surface area contributed by atoms with Crippen LogP contribution >= 0.6 is 23.2 Å². The maximum Gasteiger partial charge on any atom is 0.332 e. The van der Waals surface area contributed by atoms with Gasteiger partial charge in [-0.05, 0) is 231 Å². The van der Waals surface area contributed by atoms with Crippen LogP contribution in [0.15, 0.2) is 36.4 Å². The lowest BCUT2D eigenvalue weighted by atomic mass is 9.38. The highest BCUT2D eigenvalue weighted by molar-refractivity contribution is 6.31. The number of ether oxygens (including phenoxy) is 11. The number of benzene rings is 2. The zero-order valence-electron chi connectivity index (χ0n) is 64.6. The first kappa shape index (κ1) is 89.5. The minimum Gasteiger partial charge on any atom is -0.484 e. The van der Waals surface area contributed by atoms with Gasteiger partial charge in [-0.15, -0.1) is 0 Å². The second kappa shape index (κ2) is 39.5. The number of Topliss-reactive ketones (excluding diaryl/α,β-unsaturated/α-hetero) is 1. The maximum absolute atomic E-state index is 13.4. The molecular formula is C78H119Cl2F2N3O21. The van der Waals surface area contributed by atoms with Crippen molar-refractivity contribution < 1.29 is 110 Å². The summed E-state index contributed by atoms with van der Waals surface area (Å²) >= 11 is 11.2. The number of rotatable bonds is 26. The quantitative estimate of drug-likeness (QED) is 0.0376. The zero-order valence-corrected chi connectivity index (χ0v) is 66.1. The van der Waals surface area contributed by atoms with E-state index in [0.29, 0.717) is 19.3 Å². The molecule has 0 radical (unpaired) electrons. The number of aliphatic hydroxyl groups is 2. The lowest BCUT2D eigenvalue weighted by Gasteiger charge is -2.70. The summed E-state index contributed by atoms with van der Waals surface area (Å²) < 4.78 is 84.2. The third kappa shape index (κ3) is 31.9. The van der Waals surface area contributed by atoms with Gasteiger partial charge < -0.3 is 83.8 Å². The molecule has 2 amide bonds. The Labute approximate surface area is 634 Å². The number of ketones is 1. The molecule has 600 valence electrons. The van der Waals surface area contributed by atoms with Crippen LogP contribution in [0.25, 0.3) is 0 Å². The van der Waals surface area contributed by atoms with E-state index in [4.69, 9.17) is 96.4 Å².